The zero-order chi connectivity index (χ0) is 24.9. The fourth-order valence-electron chi connectivity index (χ4n) is 4.19. The van der Waals surface area contributed by atoms with Gasteiger partial charge in [-0.3, -0.25) is 14.4 Å². The van der Waals surface area contributed by atoms with Gasteiger partial charge in [0.1, 0.15) is 18.0 Å². The number of aromatic nitrogens is 1. The quantitative estimate of drug-likeness (QED) is 0.328. The maximum atomic E-state index is 13.2. The van der Waals surface area contributed by atoms with Crippen LogP contribution in [0.15, 0.2) is 48.5 Å². The van der Waals surface area contributed by atoms with Crippen LogP contribution in [-0.4, -0.2) is 47.6 Å². The topological polar surface area (TPSA) is 120 Å². The number of H-pyrrole nitrogens is 1. The minimum atomic E-state index is -0.963. The van der Waals surface area contributed by atoms with Crippen LogP contribution in [0.1, 0.15) is 28.9 Å². The molecule has 0 aliphatic carbocycles. The van der Waals surface area contributed by atoms with Crippen molar-refractivity contribution in [3.63, 3.8) is 0 Å². The summed E-state index contributed by atoms with van der Waals surface area (Å²) in [5, 5.41) is 9.61. The van der Waals surface area contributed by atoms with E-state index < -0.39 is 23.9 Å². The minimum absolute atomic E-state index is 0.127. The predicted octanol–water partition coefficient (Wildman–Crippen LogP) is 3.03. The molecule has 1 aliphatic heterocycles. The van der Waals surface area contributed by atoms with Crippen LogP contribution in [0.4, 0.5) is 0 Å². The Morgan fingerprint density at radius 2 is 1.89 bits per heavy atom. The highest BCUT2D eigenvalue weighted by Gasteiger charge is 2.30. The number of carbonyl (C=O) groups excluding carboxylic acids is 4. The lowest BCUT2D eigenvalue weighted by Gasteiger charge is -2.22. The minimum Gasteiger partial charge on any atom is -0.356 e. The van der Waals surface area contributed by atoms with Gasteiger partial charge in [-0.1, -0.05) is 53.5 Å². The van der Waals surface area contributed by atoms with Crippen molar-refractivity contribution in [3.8, 4) is 0 Å². The maximum Gasteiger partial charge on any atom is 0.268 e. The Balaban J connectivity index is 1.52. The van der Waals surface area contributed by atoms with E-state index in [1.165, 1.54) is 0 Å². The van der Waals surface area contributed by atoms with Gasteiger partial charge in [-0.15, -0.1) is 0 Å². The number of nitrogens with one attached hydrogen (secondary N) is 4. The van der Waals surface area contributed by atoms with E-state index in [0.29, 0.717) is 40.2 Å². The molecule has 10 heteroatoms. The van der Waals surface area contributed by atoms with Crippen LogP contribution >= 0.6 is 23.2 Å². The average molecular weight is 515 g/mol. The number of hydrogen-bond acceptors (Lipinski definition) is 4. The maximum absolute atomic E-state index is 13.2. The number of rotatable bonds is 9. The Labute approximate surface area is 211 Å². The van der Waals surface area contributed by atoms with Crippen LogP contribution in [0, 0.1) is 5.92 Å². The Kier molecular flexibility index (Phi) is 7.73. The Hall–Kier alpha value is -3.36. The van der Waals surface area contributed by atoms with Crippen LogP contribution in [0.2, 0.25) is 10.0 Å². The highest BCUT2D eigenvalue weighted by molar-refractivity contribution is 6.38. The molecule has 0 radical (unpaired) electrons. The first kappa shape index (κ1) is 24.8. The third-order valence-corrected chi connectivity index (χ3v) is 6.53. The molecule has 1 aliphatic rings. The van der Waals surface area contributed by atoms with Gasteiger partial charge in [0, 0.05) is 34.8 Å². The standard InChI is InChI=1S/C25H24Cl2N4O4/c26-16-10-19(27)18-12-22(30-20(18)11-16)25(35)31-21(8-14-4-2-1-3-5-14)24(34)29-17(13-32)9-15-6-7-28-23(15)33/h1-5,10-13,15,17,21,30H,6-9H2,(H,28,33)(H,29,34)(H,31,35)/t15-,17-,21-/m0/s1. The highest BCUT2D eigenvalue weighted by Crippen LogP contribution is 2.28. The number of fused-ring (bicyclic) bond motifs is 1. The molecule has 0 saturated carbocycles. The van der Waals surface area contributed by atoms with Gasteiger partial charge in [-0.2, -0.15) is 0 Å². The lowest BCUT2D eigenvalue weighted by atomic mass is 9.98. The van der Waals surface area contributed by atoms with Gasteiger partial charge in [0.25, 0.3) is 5.91 Å². The predicted molar refractivity (Wildman–Crippen MR) is 133 cm³/mol. The lowest BCUT2D eigenvalue weighted by molar-refractivity contribution is -0.127. The van der Waals surface area contributed by atoms with E-state index in [0.717, 1.165) is 5.56 Å². The molecule has 182 valence electrons. The van der Waals surface area contributed by atoms with Crippen LogP contribution in [0.3, 0.4) is 0 Å². The van der Waals surface area contributed by atoms with Gasteiger partial charge < -0.3 is 25.7 Å². The number of halogens is 2. The number of amides is 3. The van der Waals surface area contributed by atoms with Crippen LogP contribution in [-0.2, 0) is 20.8 Å². The molecular formula is C25H24Cl2N4O4. The summed E-state index contributed by atoms with van der Waals surface area (Å²) in [7, 11) is 0. The molecule has 3 atom stereocenters. The number of aldehydes is 1. The van der Waals surface area contributed by atoms with E-state index in [4.69, 9.17) is 23.2 Å². The number of hydrogen-bond donors (Lipinski definition) is 4. The van der Waals surface area contributed by atoms with Crippen molar-refractivity contribution in [1.82, 2.24) is 20.9 Å². The Morgan fingerprint density at radius 3 is 2.57 bits per heavy atom. The first-order valence-corrected chi connectivity index (χ1v) is 12.0. The van der Waals surface area contributed by atoms with Crippen LogP contribution in [0.25, 0.3) is 10.9 Å². The molecule has 4 N–H and O–H groups in total. The molecule has 3 amide bonds. The van der Waals surface area contributed by atoms with E-state index >= 15 is 0 Å². The highest BCUT2D eigenvalue weighted by atomic mass is 35.5. The van der Waals surface area contributed by atoms with Gasteiger partial charge in [-0.05, 0) is 36.6 Å². The Morgan fingerprint density at radius 1 is 1.11 bits per heavy atom. The molecule has 35 heavy (non-hydrogen) atoms. The smallest absolute Gasteiger partial charge is 0.268 e. The summed E-state index contributed by atoms with van der Waals surface area (Å²) in [4.78, 5) is 52.8. The van der Waals surface area contributed by atoms with E-state index in [1.54, 1.807) is 18.2 Å². The fourth-order valence-corrected chi connectivity index (χ4v) is 4.73. The van der Waals surface area contributed by atoms with Crippen molar-refractivity contribution in [2.75, 3.05) is 6.54 Å². The molecule has 1 aromatic heterocycles. The summed E-state index contributed by atoms with van der Waals surface area (Å²) in [5.41, 5.74) is 1.63. The lowest BCUT2D eigenvalue weighted by Crippen LogP contribution is -2.51. The number of benzene rings is 2. The van der Waals surface area contributed by atoms with E-state index in [9.17, 15) is 19.2 Å². The Bertz CT molecular complexity index is 1260. The largest absolute Gasteiger partial charge is 0.356 e. The van der Waals surface area contributed by atoms with Crippen molar-refractivity contribution in [1.29, 1.82) is 0 Å². The summed E-state index contributed by atoms with van der Waals surface area (Å²) in [6.45, 7) is 0.551. The molecular weight excluding hydrogens is 491 g/mol. The van der Waals surface area contributed by atoms with Crippen molar-refractivity contribution in [2.45, 2.75) is 31.3 Å². The molecule has 1 fully saturated rings. The van der Waals surface area contributed by atoms with E-state index in [-0.39, 0.29) is 30.4 Å². The van der Waals surface area contributed by atoms with Crippen LogP contribution in [0.5, 0.6) is 0 Å². The third kappa shape index (κ3) is 6.01. The summed E-state index contributed by atoms with van der Waals surface area (Å²) >= 11 is 12.3. The molecule has 8 nitrogen and oxygen atoms in total. The van der Waals surface area contributed by atoms with Gasteiger partial charge >= 0.3 is 0 Å². The van der Waals surface area contributed by atoms with Crippen molar-refractivity contribution in [2.24, 2.45) is 5.92 Å². The fraction of sp³-hybridized carbons (Fsp3) is 0.280. The zero-order valence-electron chi connectivity index (χ0n) is 18.6. The molecule has 2 aromatic carbocycles. The second kappa shape index (κ2) is 10.9. The van der Waals surface area contributed by atoms with E-state index in [1.807, 2.05) is 30.3 Å². The first-order valence-electron chi connectivity index (χ1n) is 11.2. The second-order valence-electron chi connectivity index (χ2n) is 8.51. The van der Waals surface area contributed by atoms with Gasteiger partial charge in [0.15, 0.2) is 0 Å². The van der Waals surface area contributed by atoms with Crippen LogP contribution < -0.4 is 16.0 Å². The number of aromatic amines is 1. The van der Waals surface area contributed by atoms with Crippen molar-refractivity contribution >= 4 is 58.1 Å². The van der Waals surface area contributed by atoms with Crippen molar-refractivity contribution < 1.29 is 19.2 Å². The van der Waals surface area contributed by atoms with Gasteiger partial charge in [0.05, 0.1) is 11.1 Å². The second-order valence-corrected chi connectivity index (χ2v) is 9.35. The molecule has 2 heterocycles. The summed E-state index contributed by atoms with van der Waals surface area (Å²) < 4.78 is 0. The van der Waals surface area contributed by atoms with E-state index in [2.05, 4.69) is 20.9 Å². The first-order chi connectivity index (χ1) is 16.8. The molecule has 3 aromatic rings. The van der Waals surface area contributed by atoms with Gasteiger partial charge in [-0.25, -0.2) is 0 Å². The number of carbonyl (C=O) groups is 4. The molecule has 4 rings (SSSR count). The molecule has 0 bridgehead atoms. The summed E-state index contributed by atoms with van der Waals surface area (Å²) in [6.07, 6.45) is 1.64. The molecule has 1 saturated heterocycles. The third-order valence-electron chi connectivity index (χ3n) is 5.99. The molecule has 0 spiro atoms. The zero-order valence-corrected chi connectivity index (χ0v) is 20.2. The monoisotopic (exact) mass is 514 g/mol. The van der Waals surface area contributed by atoms with Gasteiger partial charge in [0.2, 0.25) is 11.8 Å². The van der Waals surface area contributed by atoms with Crippen molar-refractivity contribution in [3.05, 3.63) is 69.8 Å². The average Bonchev–Trinajstić information content (AvgIpc) is 3.45. The summed E-state index contributed by atoms with van der Waals surface area (Å²) in [5.74, 6) is -1.49. The summed E-state index contributed by atoms with van der Waals surface area (Å²) in [6, 6.07) is 12.2. The normalized spacial score (nSPS) is 17.0. The molecule has 0 unspecified atom stereocenters. The SMILES string of the molecule is O=C[C@H](C[C@@H]1CCNC1=O)NC(=O)[C@H](Cc1ccccc1)NC(=O)c1cc2c(Cl)cc(Cl)cc2[nH]1.